The zero-order valence-corrected chi connectivity index (χ0v) is 15.0. The van der Waals surface area contributed by atoms with E-state index in [1.807, 2.05) is 24.3 Å². The summed E-state index contributed by atoms with van der Waals surface area (Å²) >= 11 is 11.4. The van der Waals surface area contributed by atoms with E-state index in [1.165, 1.54) is 12.1 Å². The SMILES string of the molecule is O=[N+]([O-])c1ccc(N2CCN(C(=S)Nc3ccc(Cl)cc3)CC2)cc1. The Labute approximate surface area is 156 Å². The molecule has 1 N–H and O–H groups in total. The van der Waals surface area contributed by atoms with Crippen molar-refractivity contribution >= 4 is 46.0 Å². The van der Waals surface area contributed by atoms with Crippen molar-refractivity contribution in [2.24, 2.45) is 0 Å². The Balaban J connectivity index is 1.55. The lowest BCUT2D eigenvalue weighted by Crippen LogP contribution is -2.50. The minimum absolute atomic E-state index is 0.107. The molecule has 2 aromatic carbocycles. The van der Waals surface area contributed by atoms with Crippen molar-refractivity contribution in [1.29, 1.82) is 0 Å². The van der Waals surface area contributed by atoms with Gasteiger partial charge in [-0.15, -0.1) is 0 Å². The third-order valence-electron chi connectivity index (χ3n) is 4.09. The second-order valence-corrected chi connectivity index (χ2v) is 6.51. The van der Waals surface area contributed by atoms with E-state index in [4.69, 9.17) is 23.8 Å². The highest BCUT2D eigenvalue weighted by atomic mass is 35.5. The first kappa shape index (κ1) is 17.4. The maximum absolute atomic E-state index is 10.7. The highest BCUT2D eigenvalue weighted by Crippen LogP contribution is 2.21. The van der Waals surface area contributed by atoms with Gasteiger partial charge in [0.2, 0.25) is 0 Å². The molecule has 130 valence electrons. The molecular formula is C17H17ClN4O2S. The topological polar surface area (TPSA) is 61.7 Å². The molecule has 1 aliphatic heterocycles. The van der Waals surface area contributed by atoms with Crippen LogP contribution in [0.15, 0.2) is 48.5 Å². The molecule has 0 amide bonds. The molecule has 1 heterocycles. The number of nitro groups is 1. The fraction of sp³-hybridized carbons (Fsp3) is 0.235. The van der Waals surface area contributed by atoms with Gasteiger partial charge in [0.15, 0.2) is 5.11 Å². The molecule has 0 aromatic heterocycles. The number of nitro benzene ring substituents is 1. The van der Waals surface area contributed by atoms with Crippen molar-refractivity contribution in [3.63, 3.8) is 0 Å². The normalized spacial score (nSPS) is 14.3. The Kier molecular flexibility index (Phi) is 5.35. The molecule has 6 nitrogen and oxygen atoms in total. The van der Waals surface area contributed by atoms with E-state index < -0.39 is 0 Å². The summed E-state index contributed by atoms with van der Waals surface area (Å²) in [6, 6.07) is 14.1. The smallest absolute Gasteiger partial charge is 0.269 e. The maximum atomic E-state index is 10.7. The first-order valence-electron chi connectivity index (χ1n) is 7.84. The number of thiocarbonyl (C=S) groups is 1. The van der Waals surface area contributed by atoms with E-state index in [1.54, 1.807) is 12.1 Å². The van der Waals surface area contributed by atoms with Crippen molar-refractivity contribution in [2.75, 3.05) is 36.4 Å². The predicted octanol–water partition coefficient (Wildman–Crippen LogP) is 3.77. The third-order valence-corrected chi connectivity index (χ3v) is 4.70. The highest BCUT2D eigenvalue weighted by molar-refractivity contribution is 7.80. The van der Waals surface area contributed by atoms with Gasteiger partial charge in [0, 0.05) is 54.7 Å². The molecule has 0 bridgehead atoms. The minimum Gasteiger partial charge on any atom is -0.368 e. The number of piperazine rings is 1. The van der Waals surface area contributed by atoms with Crippen LogP contribution in [0.1, 0.15) is 0 Å². The Bertz CT molecular complexity index is 759. The van der Waals surface area contributed by atoms with Gasteiger partial charge in [0.25, 0.3) is 5.69 Å². The number of hydrogen-bond acceptors (Lipinski definition) is 4. The van der Waals surface area contributed by atoms with Gasteiger partial charge in [-0.3, -0.25) is 10.1 Å². The predicted molar refractivity (Wildman–Crippen MR) is 105 cm³/mol. The molecule has 1 fully saturated rings. The van der Waals surface area contributed by atoms with Gasteiger partial charge in [-0.25, -0.2) is 0 Å². The summed E-state index contributed by atoms with van der Waals surface area (Å²) in [5.74, 6) is 0. The number of nitrogens with zero attached hydrogens (tertiary/aromatic N) is 3. The van der Waals surface area contributed by atoms with Crippen molar-refractivity contribution in [2.45, 2.75) is 0 Å². The van der Waals surface area contributed by atoms with Crippen LogP contribution in [0.25, 0.3) is 0 Å². The number of anilines is 2. The van der Waals surface area contributed by atoms with Crippen LogP contribution in [0.2, 0.25) is 5.02 Å². The molecule has 3 rings (SSSR count). The van der Waals surface area contributed by atoms with Crippen LogP contribution < -0.4 is 10.2 Å². The number of hydrogen-bond donors (Lipinski definition) is 1. The van der Waals surface area contributed by atoms with Crippen molar-refractivity contribution in [3.05, 3.63) is 63.7 Å². The van der Waals surface area contributed by atoms with Crippen molar-refractivity contribution < 1.29 is 4.92 Å². The number of non-ortho nitro benzene ring substituents is 1. The molecule has 0 atom stereocenters. The van der Waals surface area contributed by atoms with E-state index >= 15 is 0 Å². The summed E-state index contributed by atoms with van der Waals surface area (Å²) in [4.78, 5) is 14.7. The van der Waals surface area contributed by atoms with E-state index in [0.29, 0.717) is 10.1 Å². The maximum Gasteiger partial charge on any atom is 0.269 e. The second-order valence-electron chi connectivity index (χ2n) is 5.68. The standard InChI is InChI=1S/C17H17ClN4O2S/c18-13-1-3-14(4-2-13)19-17(25)21-11-9-20(10-12-21)15-5-7-16(8-6-15)22(23)24/h1-8H,9-12H2,(H,19,25). The molecule has 25 heavy (non-hydrogen) atoms. The van der Waals surface area contributed by atoms with Crippen LogP contribution in [0.5, 0.6) is 0 Å². The van der Waals surface area contributed by atoms with Crippen LogP contribution in [0.3, 0.4) is 0 Å². The summed E-state index contributed by atoms with van der Waals surface area (Å²) < 4.78 is 0. The lowest BCUT2D eigenvalue weighted by Gasteiger charge is -2.37. The summed E-state index contributed by atoms with van der Waals surface area (Å²) in [6.45, 7) is 3.19. The molecule has 1 saturated heterocycles. The van der Waals surface area contributed by atoms with Gasteiger partial charge in [0.1, 0.15) is 0 Å². The van der Waals surface area contributed by atoms with Crippen LogP contribution in [0.4, 0.5) is 17.1 Å². The summed E-state index contributed by atoms with van der Waals surface area (Å²) in [5, 5.41) is 15.3. The number of nitrogens with one attached hydrogen (secondary N) is 1. The Morgan fingerprint density at radius 2 is 1.64 bits per heavy atom. The Hall–Kier alpha value is -2.38. The lowest BCUT2D eigenvalue weighted by atomic mass is 10.2. The molecule has 0 aliphatic carbocycles. The van der Waals surface area contributed by atoms with Crippen molar-refractivity contribution in [3.8, 4) is 0 Å². The molecule has 0 saturated carbocycles. The monoisotopic (exact) mass is 376 g/mol. The Morgan fingerprint density at radius 3 is 2.20 bits per heavy atom. The van der Waals surface area contributed by atoms with E-state index in [9.17, 15) is 10.1 Å². The zero-order valence-electron chi connectivity index (χ0n) is 13.4. The van der Waals surface area contributed by atoms with E-state index in [2.05, 4.69) is 15.1 Å². The van der Waals surface area contributed by atoms with Crippen LogP contribution in [-0.2, 0) is 0 Å². The highest BCUT2D eigenvalue weighted by Gasteiger charge is 2.19. The summed E-state index contributed by atoms with van der Waals surface area (Å²) in [7, 11) is 0. The van der Waals surface area contributed by atoms with Crippen LogP contribution in [-0.4, -0.2) is 41.1 Å². The summed E-state index contributed by atoms with van der Waals surface area (Å²) in [5.41, 5.74) is 2.00. The molecule has 1 aliphatic rings. The fourth-order valence-electron chi connectivity index (χ4n) is 2.69. The lowest BCUT2D eigenvalue weighted by molar-refractivity contribution is -0.384. The van der Waals surface area contributed by atoms with Gasteiger partial charge in [-0.05, 0) is 48.6 Å². The van der Waals surface area contributed by atoms with E-state index in [-0.39, 0.29) is 10.6 Å². The van der Waals surface area contributed by atoms with Gasteiger partial charge in [-0.1, -0.05) is 11.6 Å². The molecule has 2 aromatic rings. The van der Waals surface area contributed by atoms with Gasteiger partial charge in [0.05, 0.1) is 4.92 Å². The largest absolute Gasteiger partial charge is 0.368 e. The second kappa shape index (κ2) is 7.67. The van der Waals surface area contributed by atoms with Crippen LogP contribution in [0, 0.1) is 10.1 Å². The number of benzene rings is 2. The van der Waals surface area contributed by atoms with Crippen molar-refractivity contribution in [1.82, 2.24) is 4.90 Å². The minimum atomic E-state index is -0.386. The van der Waals surface area contributed by atoms with E-state index in [0.717, 1.165) is 37.6 Å². The first-order valence-corrected chi connectivity index (χ1v) is 8.62. The summed E-state index contributed by atoms with van der Waals surface area (Å²) in [6.07, 6.45) is 0. The molecular weight excluding hydrogens is 360 g/mol. The number of rotatable bonds is 3. The fourth-order valence-corrected chi connectivity index (χ4v) is 3.12. The molecule has 0 unspecified atom stereocenters. The Morgan fingerprint density at radius 1 is 1.04 bits per heavy atom. The van der Waals surface area contributed by atoms with Gasteiger partial charge >= 0.3 is 0 Å². The third kappa shape index (κ3) is 4.37. The first-order chi connectivity index (χ1) is 12.0. The molecule has 0 radical (unpaired) electrons. The number of halogens is 1. The van der Waals surface area contributed by atoms with Crippen LogP contribution >= 0.6 is 23.8 Å². The zero-order chi connectivity index (χ0) is 17.8. The average Bonchev–Trinajstić information content (AvgIpc) is 2.64. The van der Waals surface area contributed by atoms with Gasteiger partial charge in [-0.2, -0.15) is 0 Å². The molecule has 0 spiro atoms. The average molecular weight is 377 g/mol. The van der Waals surface area contributed by atoms with Gasteiger partial charge < -0.3 is 15.1 Å². The molecule has 8 heteroatoms. The quantitative estimate of drug-likeness (QED) is 0.500.